The van der Waals surface area contributed by atoms with Crippen molar-refractivity contribution in [2.24, 2.45) is 0 Å². The third-order valence-corrected chi connectivity index (χ3v) is 6.79. The highest BCUT2D eigenvalue weighted by atomic mass is 19.4. The Hall–Kier alpha value is -2.77. The minimum atomic E-state index is -7.09. The van der Waals surface area contributed by atoms with Crippen molar-refractivity contribution in [3.05, 3.63) is 47.8 Å². The van der Waals surface area contributed by atoms with Gasteiger partial charge in [0.2, 0.25) is 0 Å². The summed E-state index contributed by atoms with van der Waals surface area (Å²) in [5.41, 5.74) is 2.95. The Morgan fingerprint density at radius 3 is 1.67 bits per heavy atom. The van der Waals surface area contributed by atoms with Crippen molar-refractivity contribution in [3.63, 3.8) is 0 Å². The second-order valence-corrected chi connectivity index (χ2v) is 10.9. The average molecular weight is 735 g/mol. The van der Waals surface area contributed by atoms with Crippen LogP contribution in [0, 0.1) is 0 Å². The van der Waals surface area contributed by atoms with E-state index in [-0.39, 0.29) is 6.42 Å². The number of nitrogens with zero attached hydrogens (tertiary/aromatic N) is 2. The summed E-state index contributed by atoms with van der Waals surface area (Å²) in [6.45, 7) is -0.486. The molecule has 1 heterocycles. The van der Waals surface area contributed by atoms with Gasteiger partial charge < -0.3 is 4.74 Å². The second kappa shape index (κ2) is 17.9. The number of ether oxygens (including phenoxy) is 4. The fourth-order valence-electron chi connectivity index (χ4n) is 4.43. The van der Waals surface area contributed by atoms with Gasteiger partial charge in [0.15, 0.2) is 5.82 Å². The van der Waals surface area contributed by atoms with Crippen LogP contribution in [0.15, 0.2) is 36.7 Å². The zero-order valence-electron chi connectivity index (χ0n) is 26.1. The Balaban J connectivity index is 1.87. The first kappa shape index (κ1) is 42.4. The van der Waals surface area contributed by atoms with Crippen molar-refractivity contribution >= 4 is 0 Å². The molecule has 0 fully saturated rings. The normalized spacial score (nSPS) is 13.7. The Labute approximate surface area is 273 Å². The minimum Gasteiger partial charge on any atom is -0.372 e. The molecule has 6 nitrogen and oxygen atoms in total. The van der Waals surface area contributed by atoms with Crippen molar-refractivity contribution in [2.75, 3.05) is 13.2 Å². The summed E-state index contributed by atoms with van der Waals surface area (Å²) in [5.74, 6) is 0.556. The number of halogens is 13. The highest BCUT2D eigenvalue weighted by Crippen LogP contribution is 2.48. The van der Waals surface area contributed by atoms with Gasteiger partial charge in [-0.15, -0.1) is 13.2 Å². The van der Waals surface area contributed by atoms with Gasteiger partial charge in [0, 0.05) is 24.6 Å². The van der Waals surface area contributed by atoms with E-state index in [9.17, 15) is 57.1 Å². The lowest BCUT2D eigenvalue weighted by atomic mass is 9.94. The molecule has 1 aromatic heterocycles. The second-order valence-electron chi connectivity index (χ2n) is 10.9. The lowest BCUT2D eigenvalue weighted by molar-refractivity contribution is -0.564. The summed E-state index contributed by atoms with van der Waals surface area (Å²) in [4.78, 5) is 8.54. The zero-order valence-corrected chi connectivity index (χ0v) is 26.1. The van der Waals surface area contributed by atoms with Gasteiger partial charge in [-0.25, -0.2) is 24.2 Å². The monoisotopic (exact) mass is 734 g/mol. The predicted molar refractivity (Wildman–Crippen MR) is 147 cm³/mol. The molecular weight excluding hydrogens is 699 g/mol. The zero-order chi connectivity index (χ0) is 37.0. The van der Waals surface area contributed by atoms with Gasteiger partial charge in [0.1, 0.15) is 6.61 Å². The fourth-order valence-corrected chi connectivity index (χ4v) is 4.43. The first-order chi connectivity index (χ1) is 22.6. The maximum atomic E-state index is 13.8. The molecule has 0 amide bonds. The molecule has 2 rings (SSSR count). The first-order valence-corrected chi connectivity index (χ1v) is 15.1. The number of benzene rings is 1. The molecule has 0 spiro atoms. The van der Waals surface area contributed by atoms with Crippen LogP contribution < -0.4 is 0 Å². The Bertz CT molecular complexity index is 1270. The van der Waals surface area contributed by atoms with Crippen molar-refractivity contribution in [3.8, 4) is 11.4 Å². The van der Waals surface area contributed by atoms with Crippen molar-refractivity contribution in [1.82, 2.24) is 9.97 Å². The lowest BCUT2D eigenvalue weighted by Gasteiger charge is -2.33. The molecule has 49 heavy (non-hydrogen) atoms. The number of aryl methyl sites for hydroxylation is 2. The number of rotatable bonds is 23. The Kier molecular flexibility index (Phi) is 15.5. The van der Waals surface area contributed by atoms with E-state index in [0.717, 1.165) is 61.6 Å². The summed E-state index contributed by atoms with van der Waals surface area (Å²) >= 11 is 0. The predicted octanol–water partition coefficient (Wildman–Crippen LogP) is 10.3. The van der Waals surface area contributed by atoms with Gasteiger partial charge in [-0.05, 0) is 55.4 Å². The minimum absolute atomic E-state index is 0.0922. The molecule has 0 unspecified atom stereocenters. The molecule has 280 valence electrons. The third kappa shape index (κ3) is 14.2. The van der Waals surface area contributed by atoms with E-state index in [1.54, 1.807) is 23.2 Å². The summed E-state index contributed by atoms with van der Waals surface area (Å²) in [6, 6.07) is 7.51. The third-order valence-electron chi connectivity index (χ3n) is 6.79. The smallest absolute Gasteiger partial charge is 0.372 e. The first-order valence-electron chi connectivity index (χ1n) is 15.1. The van der Waals surface area contributed by atoms with Crippen LogP contribution in [0.4, 0.5) is 57.1 Å². The van der Waals surface area contributed by atoms with E-state index in [4.69, 9.17) is 0 Å². The lowest BCUT2D eigenvalue weighted by Crippen LogP contribution is -2.57. The number of aromatic nitrogens is 2. The average Bonchev–Trinajstić information content (AvgIpc) is 2.97. The van der Waals surface area contributed by atoms with Crippen LogP contribution in [0.2, 0.25) is 0 Å². The van der Waals surface area contributed by atoms with Gasteiger partial charge in [-0.3, -0.25) is 0 Å². The molecule has 0 N–H and O–H groups in total. The van der Waals surface area contributed by atoms with Gasteiger partial charge in [0.25, 0.3) is 0 Å². The largest absolute Gasteiger partial charge is 0.527 e. The number of hydrogen-bond acceptors (Lipinski definition) is 6. The van der Waals surface area contributed by atoms with Crippen LogP contribution >= 0.6 is 0 Å². The van der Waals surface area contributed by atoms with Crippen LogP contribution in [-0.2, 0) is 31.8 Å². The molecule has 0 saturated carbocycles. The van der Waals surface area contributed by atoms with E-state index in [0.29, 0.717) is 25.1 Å². The van der Waals surface area contributed by atoms with Crippen molar-refractivity contribution in [1.29, 1.82) is 0 Å². The van der Waals surface area contributed by atoms with Crippen molar-refractivity contribution < 1.29 is 76.0 Å². The summed E-state index contributed by atoms with van der Waals surface area (Å²) in [7, 11) is 0. The van der Waals surface area contributed by atoms with E-state index in [1.165, 1.54) is 0 Å². The van der Waals surface area contributed by atoms with Crippen LogP contribution in [0.3, 0.4) is 0 Å². The number of unbranched alkanes of at least 4 members (excludes halogenated alkanes) is 7. The van der Waals surface area contributed by atoms with Crippen LogP contribution in [0.1, 0.15) is 75.8 Å². The maximum absolute atomic E-state index is 13.8. The molecule has 0 radical (unpaired) electrons. The maximum Gasteiger partial charge on any atom is 0.527 e. The molecule has 2 aromatic rings. The Morgan fingerprint density at radius 2 is 1.08 bits per heavy atom. The summed E-state index contributed by atoms with van der Waals surface area (Å²) in [5, 5.41) is 0. The SMILES string of the molecule is CCCCCCCCc1cc(-c2ncccn2)ccc1CCCCCOCC(F)(F)OC(F)(F)C(F)(F)OC(F)(F)C(F)(F)OC(F)(F)F. The molecule has 0 aliphatic heterocycles. The topological polar surface area (TPSA) is 62.7 Å². The molecule has 0 saturated heterocycles. The molecule has 1 aromatic carbocycles. The molecule has 0 bridgehead atoms. The molecule has 0 aliphatic rings. The summed E-state index contributed by atoms with van der Waals surface area (Å²) < 4.78 is 180. The van der Waals surface area contributed by atoms with E-state index >= 15 is 0 Å². The van der Waals surface area contributed by atoms with Gasteiger partial charge in [-0.1, -0.05) is 57.6 Å². The fraction of sp³-hybridized carbons (Fsp3) is 0.667. The van der Waals surface area contributed by atoms with Gasteiger partial charge in [-0.2, -0.15) is 43.9 Å². The van der Waals surface area contributed by atoms with E-state index in [2.05, 4.69) is 26.4 Å². The van der Waals surface area contributed by atoms with Crippen LogP contribution in [-0.4, -0.2) is 60.1 Å². The summed E-state index contributed by atoms with van der Waals surface area (Å²) in [6.07, 6.45) is -27.5. The number of hydrogen-bond donors (Lipinski definition) is 0. The Morgan fingerprint density at radius 1 is 0.571 bits per heavy atom. The highest BCUT2D eigenvalue weighted by molar-refractivity contribution is 5.57. The standard InChI is InChI=1S/C30H35F13N2O4/c1-2-3-4-5-6-8-13-22-19-23(24-44-16-11-17-45-24)15-14-21(22)12-9-7-10-18-46-20-25(31,32)47-26(33,34)27(35,36)48-28(37,38)29(39,40)49-30(41,42)43/h11,14-17,19H,2-10,12-13,18,20H2,1H3. The molecule has 19 heteroatoms. The molecular formula is C30H35F13N2O4. The van der Waals surface area contributed by atoms with Crippen LogP contribution in [0.25, 0.3) is 11.4 Å². The quantitative estimate of drug-likeness (QED) is 0.0837. The number of alkyl halides is 13. The molecule has 0 atom stereocenters. The van der Waals surface area contributed by atoms with E-state index < -0.39 is 50.1 Å². The van der Waals surface area contributed by atoms with E-state index in [1.807, 2.05) is 22.9 Å². The van der Waals surface area contributed by atoms with Crippen LogP contribution in [0.5, 0.6) is 0 Å². The van der Waals surface area contributed by atoms with Gasteiger partial charge in [0.05, 0.1) is 0 Å². The molecule has 0 aliphatic carbocycles. The van der Waals surface area contributed by atoms with Crippen molar-refractivity contribution in [2.45, 2.75) is 114 Å². The highest BCUT2D eigenvalue weighted by Gasteiger charge is 2.74. The van der Waals surface area contributed by atoms with Gasteiger partial charge >= 0.3 is 36.9 Å².